The molecule has 0 spiro atoms. The van der Waals surface area contributed by atoms with Crippen molar-refractivity contribution in [1.82, 2.24) is 0 Å². The Hall–Kier alpha value is -0.470. The van der Waals surface area contributed by atoms with Gasteiger partial charge in [-0.1, -0.05) is 37.3 Å². The Morgan fingerprint density at radius 1 is 1.31 bits per heavy atom. The number of rotatable bonds is 4. The van der Waals surface area contributed by atoms with Gasteiger partial charge in [-0.15, -0.1) is 0 Å². The van der Waals surface area contributed by atoms with Gasteiger partial charge in [0, 0.05) is 17.8 Å². The van der Waals surface area contributed by atoms with E-state index in [1.807, 2.05) is 11.8 Å². The van der Waals surface area contributed by atoms with Crippen LogP contribution in [0, 0.1) is 0 Å². The molecular weight excluding hydrogens is 216 g/mol. The van der Waals surface area contributed by atoms with Crippen LogP contribution in [0.4, 0.5) is 0 Å². The lowest BCUT2D eigenvalue weighted by molar-refractivity contribution is 0.0888. The monoisotopic (exact) mass is 236 g/mol. The molecule has 3 atom stereocenters. The maximum atomic E-state index is 5.88. The standard InChI is InChI=1S/C14H20OS/c1-11(16-2)14(13-9-6-10-15-13)12-7-4-3-5-8-12/h3-5,7-8,11,13-14H,6,9-10H2,1-2H3. The van der Waals surface area contributed by atoms with Gasteiger partial charge in [-0.3, -0.25) is 0 Å². The number of thioether (sulfide) groups is 1. The number of hydrogen-bond donors (Lipinski definition) is 0. The molecule has 88 valence electrons. The van der Waals surface area contributed by atoms with E-state index in [2.05, 4.69) is 43.5 Å². The van der Waals surface area contributed by atoms with Gasteiger partial charge in [-0.25, -0.2) is 0 Å². The predicted octanol–water partition coefficient (Wildman–Crippen LogP) is 3.70. The van der Waals surface area contributed by atoms with Crippen LogP contribution in [0.3, 0.4) is 0 Å². The van der Waals surface area contributed by atoms with E-state index in [4.69, 9.17) is 4.74 Å². The Balaban J connectivity index is 2.20. The molecule has 0 aliphatic carbocycles. The SMILES string of the molecule is CSC(C)C(c1ccccc1)C1CCCO1. The van der Waals surface area contributed by atoms with E-state index >= 15 is 0 Å². The van der Waals surface area contributed by atoms with E-state index < -0.39 is 0 Å². The first kappa shape index (κ1) is 12.0. The minimum atomic E-state index is 0.421. The molecule has 0 saturated carbocycles. The summed E-state index contributed by atoms with van der Waals surface area (Å²) in [6.45, 7) is 3.25. The maximum absolute atomic E-state index is 5.88. The second kappa shape index (κ2) is 5.74. The smallest absolute Gasteiger partial charge is 0.0655 e. The van der Waals surface area contributed by atoms with Crippen molar-refractivity contribution in [2.45, 2.75) is 37.0 Å². The third-order valence-corrected chi connectivity index (χ3v) is 4.46. The first-order chi connectivity index (χ1) is 7.83. The highest BCUT2D eigenvalue weighted by molar-refractivity contribution is 7.99. The molecule has 16 heavy (non-hydrogen) atoms. The average Bonchev–Trinajstić information content (AvgIpc) is 2.84. The molecule has 0 amide bonds. The van der Waals surface area contributed by atoms with Crippen molar-refractivity contribution in [3.63, 3.8) is 0 Å². The van der Waals surface area contributed by atoms with Crippen molar-refractivity contribution in [1.29, 1.82) is 0 Å². The van der Waals surface area contributed by atoms with Crippen molar-refractivity contribution in [3.05, 3.63) is 35.9 Å². The molecule has 1 aromatic rings. The van der Waals surface area contributed by atoms with E-state index in [1.54, 1.807) is 0 Å². The van der Waals surface area contributed by atoms with Crippen LogP contribution in [-0.4, -0.2) is 24.2 Å². The zero-order valence-corrected chi connectivity index (χ0v) is 10.9. The fourth-order valence-corrected chi connectivity index (χ4v) is 3.12. The molecule has 0 aromatic heterocycles. The molecule has 2 heteroatoms. The van der Waals surface area contributed by atoms with Gasteiger partial charge in [0.2, 0.25) is 0 Å². The van der Waals surface area contributed by atoms with Crippen molar-refractivity contribution in [2.75, 3.05) is 12.9 Å². The topological polar surface area (TPSA) is 9.23 Å². The van der Waals surface area contributed by atoms with Gasteiger partial charge in [-0.05, 0) is 24.7 Å². The number of benzene rings is 1. The normalized spacial score (nSPS) is 24.2. The van der Waals surface area contributed by atoms with Crippen molar-refractivity contribution < 1.29 is 4.74 Å². The van der Waals surface area contributed by atoms with E-state index in [0.29, 0.717) is 17.3 Å². The summed E-state index contributed by atoms with van der Waals surface area (Å²) >= 11 is 1.93. The molecule has 0 bridgehead atoms. The largest absolute Gasteiger partial charge is 0.378 e. The highest BCUT2D eigenvalue weighted by atomic mass is 32.2. The number of hydrogen-bond acceptors (Lipinski definition) is 2. The molecule has 3 unspecified atom stereocenters. The predicted molar refractivity (Wildman–Crippen MR) is 71.1 cm³/mol. The van der Waals surface area contributed by atoms with Crippen molar-refractivity contribution in [3.8, 4) is 0 Å². The van der Waals surface area contributed by atoms with Crippen LogP contribution >= 0.6 is 11.8 Å². The van der Waals surface area contributed by atoms with Gasteiger partial charge in [-0.2, -0.15) is 11.8 Å². The van der Waals surface area contributed by atoms with Crippen LogP contribution in [0.25, 0.3) is 0 Å². The van der Waals surface area contributed by atoms with E-state index in [0.717, 1.165) is 6.61 Å². The molecule has 1 fully saturated rings. The third-order valence-electron chi connectivity index (χ3n) is 3.43. The van der Waals surface area contributed by atoms with Crippen LogP contribution < -0.4 is 0 Å². The molecule has 1 aliphatic rings. The highest BCUT2D eigenvalue weighted by Gasteiger charge is 2.30. The molecule has 1 aromatic carbocycles. The van der Waals surface area contributed by atoms with Crippen LogP contribution in [0.15, 0.2) is 30.3 Å². The van der Waals surface area contributed by atoms with Crippen LogP contribution in [-0.2, 0) is 4.74 Å². The van der Waals surface area contributed by atoms with Crippen LogP contribution in [0.5, 0.6) is 0 Å². The molecular formula is C14H20OS. The van der Waals surface area contributed by atoms with Gasteiger partial charge < -0.3 is 4.74 Å². The summed E-state index contributed by atoms with van der Waals surface area (Å²) in [5.74, 6) is 0.540. The molecule has 0 radical (unpaired) electrons. The van der Waals surface area contributed by atoms with Gasteiger partial charge >= 0.3 is 0 Å². The van der Waals surface area contributed by atoms with Crippen molar-refractivity contribution >= 4 is 11.8 Å². The lowest BCUT2D eigenvalue weighted by Gasteiger charge is -2.28. The van der Waals surface area contributed by atoms with Gasteiger partial charge in [0.1, 0.15) is 0 Å². The van der Waals surface area contributed by atoms with E-state index in [-0.39, 0.29) is 0 Å². The highest BCUT2D eigenvalue weighted by Crippen LogP contribution is 2.35. The lowest BCUT2D eigenvalue weighted by atomic mass is 9.89. The Bertz CT molecular complexity index is 306. The number of ether oxygens (including phenoxy) is 1. The molecule has 1 aliphatic heterocycles. The summed E-state index contributed by atoms with van der Waals surface area (Å²) in [7, 11) is 0. The summed E-state index contributed by atoms with van der Waals surface area (Å²) in [6, 6.07) is 10.8. The van der Waals surface area contributed by atoms with Gasteiger partial charge in [0.15, 0.2) is 0 Å². The maximum Gasteiger partial charge on any atom is 0.0655 e. The fourth-order valence-electron chi connectivity index (χ4n) is 2.50. The first-order valence-electron chi connectivity index (χ1n) is 6.02. The Morgan fingerprint density at radius 3 is 2.62 bits per heavy atom. The minimum absolute atomic E-state index is 0.421. The summed E-state index contributed by atoms with van der Waals surface area (Å²) < 4.78 is 5.88. The Morgan fingerprint density at radius 2 is 2.06 bits per heavy atom. The van der Waals surface area contributed by atoms with Crippen LogP contribution in [0.1, 0.15) is 31.2 Å². The third kappa shape index (κ3) is 2.61. The summed E-state index contributed by atoms with van der Waals surface area (Å²) in [5, 5.41) is 0.616. The Labute approximate surface area is 103 Å². The van der Waals surface area contributed by atoms with E-state index in [1.165, 1.54) is 18.4 Å². The zero-order valence-electron chi connectivity index (χ0n) is 10.1. The van der Waals surface area contributed by atoms with Gasteiger partial charge in [0.25, 0.3) is 0 Å². The lowest BCUT2D eigenvalue weighted by Crippen LogP contribution is -2.25. The average molecular weight is 236 g/mol. The van der Waals surface area contributed by atoms with E-state index in [9.17, 15) is 0 Å². The summed E-state index contributed by atoms with van der Waals surface area (Å²) in [4.78, 5) is 0. The quantitative estimate of drug-likeness (QED) is 0.788. The minimum Gasteiger partial charge on any atom is -0.378 e. The van der Waals surface area contributed by atoms with Gasteiger partial charge in [0.05, 0.1) is 6.10 Å². The molecule has 0 N–H and O–H groups in total. The summed E-state index contributed by atoms with van der Waals surface area (Å²) in [5.41, 5.74) is 1.43. The molecule has 1 nitrogen and oxygen atoms in total. The van der Waals surface area contributed by atoms with Crippen LogP contribution in [0.2, 0.25) is 0 Å². The second-order valence-corrected chi connectivity index (χ2v) is 5.64. The molecule has 2 rings (SSSR count). The summed E-state index contributed by atoms with van der Waals surface area (Å²) in [6.07, 6.45) is 5.04. The van der Waals surface area contributed by atoms with Crippen molar-refractivity contribution in [2.24, 2.45) is 0 Å². The molecule has 1 heterocycles. The first-order valence-corrected chi connectivity index (χ1v) is 7.31. The second-order valence-electron chi connectivity index (χ2n) is 4.43. The fraction of sp³-hybridized carbons (Fsp3) is 0.571. The Kier molecular flexibility index (Phi) is 4.30. The zero-order chi connectivity index (χ0) is 11.4. The molecule has 1 saturated heterocycles.